The summed E-state index contributed by atoms with van der Waals surface area (Å²) >= 11 is 0. The van der Waals surface area contributed by atoms with Gasteiger partial charge in [-0.05, 0) is 34.2 Å². The highest BCUT2D eigenvalue weighted by Gasteiger charge is 2.27. The van der Waals surface area contributed by atoms with Gasteiger partial charge in [0.25, 0.3) is 0 Å². The predicted octanol–water partition coefficient (Wildman–Crippen LogP) is 3.38. The molecule has 1 heteroatoms. The van der Waals surface area contributed by atoms with Crippen LogP contribution in [0.3, 0.4) is 0 Å². The first-order valence-electron chi connectivity index (χ1n) is 5.47. The minimum Gasteiger partial charge on any atom is -0.388 e. The normalized spacial score (nSPS) is 24.4. The third kappa shape index (κ3) is 1.20. The zero-order valence-corrected chi connectivity index (χ0v) is 8.77. The number of hydrogen-bond donors (Lipinski definition) is 1. The van der Waals surface area contributed by atoms with E-state index in [1.54, 1.807) is 0 Å². The van der Waals surface area contributed by atoms with Crippen molar-refractivity contribution in [2.45, 2.75) is 25.4 Å². The molecule has 0 fully saturated rings. The molecule has 1 aliphatic carbocycles. The molecular formula is C14H14O. The zero-order chi connectivity index (χ0) is 10.4. The Morgan fingerprint density at radius 2 is 1.93 bits per heavy atom. The molecule has 0 saturated heterocycles. The molecule has 0 saturated carbocycles. The molecule has 76 valence electrons. The minimum atomic E-state index is -0.264. The smallest absolute Gasteiger partial charge is 0.0798 e. The first-order valence-corrected chi connectivity index (χ1v) is 5.47. The summed E-state index contributed by atoms with van der Waals surface area (Å²) in [6, 6.07) is 12.6. The van der Waals surface area contributed by atoms with Crippen LogP contribution in [0.4, 0.5) is 0 Å². The maximum absolute atomic E-state index is 9.91. The summed E-state index contributed by atoms with van der Waals surface area (Å²) in [5.74, 6) is 0.473. The molecule has 15 heavy (non-hydrogen) atoms. The third-order valence-corrected chi connectivity index (χ3v) is 3.43. The van der Waals surface area contributed by atoms with Gasteiger partial charge >= 0.3 is 0 Å². The number of aliphatic hydroxyl groups is 1. The number of hydrogen-bond acceptors (Lipinski definition) is 1. The molecule has 0 bridgehead atoms. The Morgan fingerprint density at radius 1 is 1.13 bits per heavy atom. The lowest BCUT2D eigenvalue weighted by molar-refractivity contribution is 0.174. The Labute approximate surface area is 89.4 Å². The van der Waals surface area contributed by atoms with Crippen LogP contribution in [-0.2, 0) is 0 Å². The molecule has 0 amide bonds. The standard InChI is InChI=1S/C14H14O/c1-9-8-13(15)12-7-6-10-4-2-3-5-11(10)14(9)12/h2-7,9,13,15H,8H2,1H3. The Bertz CT molecular complexity index is 516. The molecule has 1 N–H and O–H groups in total. The summed E-state index contributed by atoms with van der Waals surface area (Å²) in [5.41, 5.74) is 2.47. The lowest BCUT2D eigenvalue weighted by Crippen LogP contribution is -1.90. The van der Waals surface area contributed by atoms with Crippen molar-refractivity contribution in [3.8, 4) is 0 Å². The number of fused-ring (bicyclic) bond motifs is 3. The lowest BCUT2D eigenvalue weighted by Gasteiger charge is -2.08. The molecule has 0 heterocycles. The highest BCUT2D eigenvalue weighted by molar-refractivity contribution is 5.87. The molecule has 0 radical (unpaired) electrons. The second kappa shape index (κ2) is 3.07. The van der Waals surface area contributed by atoms with Crippen molar-refractivity contribution in [1.29, 1.82) is 0 Å². The van der Waals surface area contributed by atoms with Gasteiger partial charge in [-0.15, -0.1) is 0 Å². The summed E-state index contributed by atoms with van der Waals surface area (Å²) in [4.78, 5) is 0. The first-order chi connectivity index (χ1) is 7.27. The number of rotatable bonds is 0. The summed E-state index contributed by atoms with van der Waals surface area (Å²) in [7, 11) is 0. The van der Waals surface area contributed by atoms with Crippen LogP contribution in [0.15, 0.2) is 36.4 Å². The van der Waals surface area contributed by atoms with E-state index >= 15 is 0 Å². The molecule has 1 nitrogen and oxygen atoms in total. The Morgan fingerprint density at radius 3 is 2.80 bits per heavy atom. The summed E-state index contributed by atoms with van der Waals surface area (Å²) in [5, 5.41) is 12.5. The summed E-state index contributed by atoms with van der Waals surface area (Å²) < 4.78 is 0. The topological polar surface area (TPSA) is 20.2 Å². The highest BCUT2D eigenvalue weighted by Crippen LogP contribution is 2.43. The minimum absolute atomic E-state index is 0.264. The SMILES string of the molecule is CC1CC(O)c2ccc3ccccc3c21. The summed E-state index contributed by atoms with van der Waals surface area (Å²) in [6.45, 7) is 2.20. The van der Waals surface area contributed by atoms with Crippen molar-refractivity contribution in [2.24, 2.45) is 0 Å². The maximum Gasteiger partial charge on any atom is 0.0798 e. The van der Waals surface area contributed by atoms with Crippen LogP contribution in [0, 0.1) is 0 Å². The van der Waals surface area contributed by atoms with Gasteiger partial charge in [-0.2, -0.15) is 0 Å². The third-order valence-electron chi connectivity index (χ3n) is 3.43. The van der Waals surface area contributed by atoms with Gasteiger partial charge in [-0.3, -0.25) is 0 Å². The van der Waals surface area contributed by atoms with Crippen molar-refractivity contribution in [1.82, 2.24) is 0 Å². The molecule has 2 atom stereocenters. The van der Waals surface area contributed by atoms with Crippen LogP contribution in [0.2, 0.25) is 0 Å². The molecule has 0 aliphatic heterocycles. The van der Waals surface area contributed by atoms with Crippen LogP contribution in [-0.4, -0.2) is 5.11 Å². The van der Waals surface area contributed by atoms with Crippen molar-refractivity contribution in [3.63, 3.8) is 0 Å². The van der Waals surface area contributed by atoms with Crippen LogP contribution in [0.25, 0.3) is 10.8 Å². The first kappa shape index (κ1) is 8.93. The fourth-order valence-corrected chi connectivity index (χ4v) is 2.73. The number of benzene rings is 2. The molecule has 0 aromatic heterocycles. The van der Waals surface area contributed by atoms with Gasteiger partial charge in [0.05, 0.1) is 6.10 Å². The zero-order valence-electron chi connectivity index (χ0n) is 8.77. The molecule has 3 rings (SSSR count). The average Bonchev–Trinajstić information content (AvgIpc) is 2.55. The van der Waals surface area contributed by atoms with E-state index < -0.39 is 0 Å². The fraction of sp³-hybridized carbons (Fsp3) is 0.286. The fourth-order valence-electron chi connectivity index (χ4n) is 2.73. The van der Waals surface area contributed by atoms with E-state index in [1.807, 2.05) is 0 Å². The van der Waals surface area contributed by atoms with Gasteiger partial charge in [-0.1, -0.05) is 43.3 Å². The molecule has 1 aliphatic rings. The van der Waals surface area contributed by atoms with E-state index in [-0.39, 0.29) is 6.10 Å². The van der Waals surface area contributed by atoms with Gasteiger partial charge in [0.2, 0.25) is 0 Å². The van der Waals surface area contributed by atoms with E-state index in [9.17, 15) is 5.11 Å². The molecule has 2 aromatic carbocycles. The quantitative estimate of drug-likeness (QED) is 0.688. The van der Waals surface area contributed by atoms with Crippen LogP contribution in [0.5, 0.6) is 0 Å². The van der Waals surface area contributed by atoms with Gasteiger partial charge < -0.3 is 5.11 Å². The average molecular weight is 198 g/mol. The summed E-state index contributed by atoms with van der Waals surface area (Å²) in [6.07, 6.45) is 0.600. The van der Waals surface area contributed by atoms with Crippen LogP contribution >= 0.6 is 0 Å². The van der Waals surface area contributed by atoms with E-state index in [0.29, 0.717) is 5.92 Å². The lowest BCUT2D eigenvalue weighted by atomic mass is 9.96. The highest BCUT2D eigenvalue weighted by atomic mass is 16.3. The maximum atomic E-state index is 9.91. The van der Waals surface area contributed by atoms with E-state index in [0.717, 1.165) is 12.0 Å². The van der Waals surface area contributed by atoms with Crippen molar-refractivity contribution >= 4 is 10.8 Å². The molecular weight excluding hydrogens is 184 g/mol. The van der Waals surface area contributed by atoms with Crippen molar-refractivity contribution < 1.29 is 5.11 Å². The molecule has 2 unspecified atom stereocenters. The second-order valence-electron chi connectivity index (χ2n) is 4.44. The number of aliphatic hydroxyl groups excluding tert-OH is 1. The van der Waals surface area contributed by atoms with E-state index in [1.165, 1.54) is 16.3 Å². The predicted molar refractivity (Wildman–Crippen MR) is 61.9 cm³/mol. The Hall–Kier alpha value is -1.34. The van der Waals surface area contributed by atoms with Crippen molar-refractivity contribution in [2.75, 3.05) is 0 Å². The van der Waals surface area contributed by atoms with Gasteiger partial charge in [0, 0.05) is 0 Å². The van der Waals surface area contributed by atoms with Gasteiger partial charge in [-0.25, -0.2) is 0 Å². The van der Waals surface area contributed by atoms with Crippen molar-refractivity contribution in [3.05, 3.63) is 47.5 Å². The monoisotopic (exact) mass is 198 g/mol. The second-order valence-corrected chi connectivity index (χ2v) is 4.44. The van der Waals surface area contributed by atoms with Gasteiger partial charge in [0.15, 0.2) is 0 Å². The largest absolute Gasteiger partial charge is 0.388 e. The van der Waals surface area contributed by atoms with Gasteiger partial charge in [0.1, 0.15) is 0 Å². The molecule has 0 spiro atoms. The molecule has 2 aromatic rings. The van der Waals surface area contributed by atoms with Crippen LogP contribution < -0.4 is 0 Å². The van der Waals surface area contributed by atoms with E-state index in [4.69, 9.17) is 0 Å². The van der Waals surface area contributed by atoms with Crippen LogP contribution in [0.1, 0.15) is 36.5 Å². The van der Waals surface area contributed by atoms with E-state index in [2.05, 4.69) is 43.3 Å². The Kier molecular flexibility index (Phi) is 1.83. The Balaban J connectivity index is 2.39.